The van der Waals surface area contributed by atoms with Gasteiger partial charge in [-0.25, -0.2) is 0 Å². The average Bonchev–Trinajstić information content (AvgIpc) is 3.17. The summed E-state index contributed by atoms with van der Waals surface area (Å²) in [5.74, 6) is -0.382. The summed E-state index contributed by atoms with van der Waals surface area (Å²) in [4.78, 5) is 42.1. The van der Waals surface area contributed by atoms with Crippen LogP contribution in [0.1, 0.15) is 222 Å². The van der Waals surface area contributed by atoms with E-state index in [2.05, 4.69) is 51.8 Å². The minimum Gasteiger partial charge on any atom is -0.464 e. The van der Waals surface area contributed by atoms with Crippen molar-refractivity contribution < 1.29 is 23.9 Å². The van der Waals surface area contributed by atoms with Crippen LogP contribution in [-0.4, -0.2) is 86.7 Å². The summed E-state index contributed by atoms with van der Waals surface area (Å²) < 4.78 is 11.4. The highest BCUT2D eigenvalue weighted by Gasteiger charge is 2.16. The summed E-state index contributed by atoms with van der Waals surface area (Å²) in [7, 11) is 0. The monoisotopic (exact) mass is 770 g/mol. The Balaban J connectivity index is -0.00000493. The first-order valence-electron chi connectivity index (χ1n) is 23.4. The molecule has 0 aliphatic heterocycles. The van der Waals surface area contributed by atoms with Crippen LogP contribution in [0.2, 0.25) is 0 Å². The van der Waals surface area contributed by atoms with Crippen molar-refractivity contribution in [3.8, 4) is 0 Å². The van der Waals surface area contributed by atoms with E-state index in [0.29, 0.717) is 39.3 Å². The summed E-state index contributed by atoms with van der Waals surface area (Å²) in [5, 5.41) is 2.98. The summed E-state index contributed by atoms with van der Waals surface area (Å²) in [6.07, 6.45) is 29.3. The van der Waals surface area contributed by atoms with Crippen LogP contribution >= 0.6 is 0 Å². The van der Waals surface area contributed by atoms with Crippen molar-refractivity contribution in [2.45, 2.75) is 222 Å². The lowest BCUT2D eigenvalue weighted by molar-refractivity contribution is -0.146. The molecule has 0 aromatic rings. The predicted octanol–water partition coefficient (Wildman–Crippen LogP) is 12.1. The topological polar surface area (TPSA) is 88.2 Å². The van der Waals surface area contributed by atoms with Crippen LogP contribution in [0.15, 0.2) is 0 Å². The molecular formula is C46H95N3O5. The molecule has 0 fully saturated rings. The second kappa shape index (κ2) is 49.3. The van der Waals surface area contributed by atoms with E-state index in [1.807, 2.05) is 13.8 Å². The third-order valence-corrected chi connectivity index (χ3v) is 9.25. The molecule has 0 heterocycles. The normalized spacial score (nSPS) is 10.7. The van der Waals surface area contributed by atoms with Crippen LogP contribution in [0.3, 0.4) is 0 Å². The van der Waals surface area contributed by atoms with Gasteiger partial charge in [0.1, 0.15) is 6.61 Å². The minimum atomic E-state index is -0.190. The maximum absolute atomic E-state index is 13.1. The quantitative estimate of drug-likeness (QED) is 0.0497. The Bertz CT molecular complexity index is 761. The second-order valence-corrected chi connectivity index (χ2v) is 14.7. The molecule has 0 aromatic heterocycles. The molecule has 0 aliphatic rings. The van der Waals surface area contributed by atoms with Crippen LogP contribution in [-0.2, 0) is 23.9 Å². The van der Waals surface area contributed by atoms with Crippen molar-refractivity contribution in [2.75, 3.05) is 59.1 Å². The van der Waals surface area contributed by atoms with E-state index in [1.165, 1.54) is 116 Å². The molecule has 0 aliphatic carbocycles. The van der Waals surface area contributed by atoms with Crippen molar-refractivity contribution in [3.63, 3.8) is 0 Å². The number of rotatable bonds is 38. The molecular weight excluding hydrogens is 675 g/mol. The van der Waals surface area contributed by atoms with Crippen molar-refractivity contribution in [3.05, 3.63) is 0 Å². The number of esters is 1. The summed E-state index contributed by atoms with van der Waals surface area (Å²) in [6.45, 7) is 22.7. The molecule has 0 rings (SSSR count). The Hall–Kier alpha value is -1.67. The van der Waals surface area contributed by atoms with E-state index in [1.54, 1.807) is 4.90 Å². The number of nitrogens with one attached hydrogen (secondary N) is 1. The zero-order valence-corrected chi connectivity index (χ0v) is 37.7. The van der Waals surface area contributed by atoms with Gasteiger partial charge >= 0.3 is 5.97 Å². The fourth-order valence-corrected chi connectivity index (χ4v) is 6.22. The van der Waals surface area contributed by atoms with E-state index in [-0.39, 0.29) is 37.2 Å². The van der Waals surface area contributed by atoms with Gasteiger partial charge in [0.2, 0.25) is 11.8 Å². The van der Waals surface area contributed by atoms with E-state index >= 15 is 0 Å². The SMILES string of the molecule is CC.CCC.CCCCCCCCCCCCCC(=O)OCCN(CCOCCCCCCCCCCC)C(=O)CCC(=O)NCCN(CCC)CCC. The summed E-state index contributed by atoms with van der Waals surface area (Å²) >= 11 is 0. The largest absolute Gasteiger partial charge is 0.464 e. The number of ether oxygens (including phenoxy) is 2. The smallest absolute Gasteiger partial charge is 0.305 e. The molecule has 0 saturated carbocycles. The van der Waals surface area contributed by atoms with E-state index in [9.17, 15) is 14.4 Å². The van der Waals surface area contributed by atoms with Gasteiger partial charge < -0.3 is 24.6 Å². The fourth-order valence-electron chi connectivity index (χ4n) is 6.22. The van der Waals surface area contributed by atoms with Gasteiger partial charge in [0.15, 0.2) is 0 Å². The molecule has 0 radical (unpaired) electrons. The molecule has 324 valence electrons. The summed E-state index contributed by atoms with van der Waals surface area (Å²) in [5.41, 5.74) is 0. The molecule has 0 unspecified atom stereocenters. The van der Waals surface area contributed by atoms with Gasteiger partial charge in [-0.3, -0.25) is 14.4 Å². The standard InChI is InChI=1S/C41H81N3O5.C3H8.C2H6/c1-5-9-11-13-15-17-18-19-21-23-25-27-41(47)49-38-35-44(34-37-48-36-26-24-22-20-16-14-12-10-6-2)40(46)29-28-39(45)42-30-33-43(31-7-3)32-8-4;1-3-2;1-2/h5-38H2,1-4H3,(H,42,45);3H2,1-2H3;1-2H3. The van der Waals surface area contributed by atoms with Gasteiger partial charge in [-0.1, -0.05) is 177 Å². The van der Waals surface area contributed by atoms with Gasteiger partial charge in [0.25, 0.3) is 0 Å². The second-order valence-electron chi connectivity index (χ2n) is 14.7. The van der Waals surface area contributed by atoms with Crippen molar-refractivity contribution in [1.29, 1.82) is 0 Å². The molecule has 0 aromatic carbocycles. The predicted molar refractivity (Wildman–Crippen MR) is 233 cm³/mol. The third-order valence-electron chi connectivity index (χ3n) is 9.25. The van der Waals surface area contributed by atoms with Crippen LogP contribution in [0.4, 0.5) is 0 Å². The lowest BCUT2D eigenvalue weighted by Gasteiger charge is -2.23. The van der Waals surface area contributed by atoms with E-state index in [4.69, 9.17) is 9.47 Å². The number of hydrogen-bond acceptors (Lipinski definition) is 6. The first-order chi connectivity index (χ1) is 26.4. The van der Waals surface area contributed by atoms with E-state index < -0.39 is 0 Å². The number of carbonyl (C=O) groups is 3. The number of unbranched alkanes of at least 4 members (excludes halogenated alkanes) is 18. The molecule has 2 amide bonds. The minimum absolute atomic E-state index is 0.0955. The highest BCUT2D eigenvalue weighted by atomic mass is 16.5. The van der Waals surface area contributed by atoms with Crippen LogP contribution < -0.4 is 5.32 Å². The van der Waals surface area contributed by atoms with Gasteiger partial charge in [0.05, 0.1) is 13.2 Å². The van der Waals surface area contributed by atoms with Crippen LogP contribution in [0.25, 0.3) is 0 Å². The number of nitrogens with zero attached hydrogens (tertiary/aromatic N) is 2. The highest BCUT2D eigenvalue weighted by molar-refractivity contribution is 5.83. The maximum Gasteiger partial charge on any atom is 0.305 e. The van der Waals surface area contributed by atoms with Crippen molar-refractivity contribution >= 4 is 17.8 Å². The van der Waals surface area contributed by atoms with Gasteiger partial charge in [-0.2, -0.15) is 0 Å². The molecule has 8 nitrogen and oxygen atoms in total. The maximum atomic E-state index is 13.1. The molecule has 1 N–H and O–H groups in total. The molecule has 0 atom stereocenters. The van der Waals surface area contributed by atoms with Crippen molar-refractivity contribution in [2.24, 2.45) is 0 Å². The highest BCUT2D eigenvalue weighted by Crippen LogP contribution is 2.13. The lowest BCUT2D eigenvalue weighted by Crippen LogP contribution is -2.38. The Morgan fingerprint density at radius 1 is 0.463 bits per heavy atom. The fraction of sp³-hybridized carbons (Fsp3) is 0.935. The van der Waals surface area contributed by atoms with Gasteiger partial charge in [0, 0.05) is 45.5 Å². The number of carbonyl (C=O) groups excluding carboxylic acids is 3. The lowest BCUT2D eigenvalue weighted by atomic mass is 10.1. The summed E-state index contributed by atoms with van der Waals surface area (Å²) in [6, 6.07) is 0. The number of hydrogen-bond donors (Lipinski definition) is 1. The van der Waals surface area contributed by atoms with Gasteiger partial charge in [-0.05, 0) is 38.8 Å². The zero-order valence-electron chi connectivity index (χ0n) is 37.7. The molecule has 0 saturated heterocycles. The molecule has 0 spiro atoms. The average molecular weight is 770 g/mol. The first kappa shape index (κ1) is 56.7. The van der Waals surface area contributed by atoms with Gasteiger partial charge in [-0.15, -0.1) is 0 Å². The Morgan fingerprint density at radius 3 is 1.39 bits per heavy atom. The Kier molecular flexibility index (Phi) is 51.8. The number of amides is 2. The van der Waals surface area contributed by atoms with E-state index in [0.717, 1.165) is 51.7 Å². The third kappa shape index (κ3) is 44.7. The first-order valence-corrected chi connectivity index (χ1v) is 23.4. The van der Waals surface area contributed by atoms with Crippen LogP contribution in [0.5, 0.6) is 0 Å². The van der Waals surface area contributed by atoms with Crippen LogP contribution in [0, 0.1) is 0 Å². The molecule has 54 heavy (non-hydrogen) atoms. The molecule has 0 bridgehead atoms. The molecule has 8 heteroatoms. The Labute approximate surface area is 337 Å². The van der Waals surface area contributed by atoms with Crippen molar-refractivity contribution in [1.82, 2.24) is 15.1 Å². The zero-order chi connectivity index (χ0) is 40.8. The Morgan fingerprint density at radius 2 is 0.907 bits per heavy atom.